The summed E-state index contributed by atoms with van der Waals surface area (Å²) in [4.78, 5) is 45.4. The van der Waals surface area contributed by atoms with Gasteiger partial charge in [-0.25, -0.2) is 18.2 Å². The van der Waals surface area contributed by atoms with Gasteiger partial charge in [0.2, 0.25) is 11.8 Å². The summed E-state index contributed by atoms with van der Waals surface area (Å²) in [6.45, 7) is 7.30. The third-order valence-corrected chi connectivity index (χ3v) is 10.7. The minimum absolute atomic E-state index is 0.0831. The van der Waals surface area contributed by atoms with Crippen LogP contribution in [-0.4, -0.2) is 93.0 Å². The molecule has 11 nitrogen and oxygen atoms in total. The van der Waals surface area contributed by atoms with E-state index in [0.717, 1.165) is 47.3 Å². The molecule has 1 saturated carbocycles. The predicted molar refractivity (Wildman–Crippen MR) is 165 cm³/mol. The van der Waals surface area contributed by atoms with Crippen LogP contribution in [0.5, 0.6) is 0 Å². The number of nitrogens with one attached hydrogen (secondary N) is 4. The number of carbonyl (C=O) groups excluding carboxylic acids is 3. The molecule has 230 valence electrons. The minimum atomic E-state index is -3.01. The van der Waals surface area contributed by atoms with Gasteiger partial charge in [0.15, 0.2) is 9.84 Å². The second kappa shape index (κ2) is 14.4. The molecule has 2 aliphatic rings. The van der Waals surface area contributed by atoms with Gasteiger partial charge in [0, 0.05) is 51.3 Å². The lowest BCUT2D eigenvalue weighted by Gasteiger charge is -2.29. The largest absolute Gasteiger partial charge is 0.350 e. The normalized spacial score (nSPS) is 18.7. The summed E-state index contributed by atoms with van der Waals surface area (Å²) in [6.07, 6.45) is 5.15. The van der Waals surface area contributed by atoms with Gasteiger partial charge in [-0.1, -0.05) is 32.4 Å². The van der Waals surface area contributed by atoms with Gasteiger partial charge in [0.05, 0.1) is 26.7 Å². The van der Waals surface area contributed by atoms with E-state index in [9.17, 15) is 22.8 Å². The second-order valence-corrected chi connectivity index (χ2v) is 14.6. The van der Waals surface area contributed by atoms with Crippen molar-refractivity contribution in [1.29, 1.82) is 0 Å². The number of hydrogen-bond acceptors (Lipinski definition) is 8. The third kappa shape index (κ3) is 8.74. The molecule has 4 rings (SSSR count). The van der Waals surface area contributed by atoms with E-state index >= 15 is 0 Å². The van der Waals surface area contributed by atoms with Crippen molar-refractivity contribution in [2.45, 2.75) is 57.5 Å². The van der Waals surface area contributed by atoms with Crippen LogP contribution < -0.4 is 21.3 Å². The molecule has 2 atom stereocenters. The number of hydrogen-bond donors (Lipinski definition) is 4. The highest BCUT2D eigenvalue weighted by Crippen LogP contribution is 2.28. The Labute approximate surface area is 251 Å². The number of carbonyl (C=O) groups is 3. The van der Waals surface area contributed by atoms with Gasteiger partial charge >= 0.3 is 6.03 Å². The lowest BCUT2D eigenvalue weighted by atomic mass is 9.97. The van der Waals surface area contributed by atoms with E-state index in [4.69, 9.17) is 4.98 Å². The van der Waals surface area contributed by atoms with Crippen LogP contribution in [0, 0.1) is 5.92 Å². The van der Waals surface area contributed by atoms with E-state index in [1.54, 1.807) is 0 Å². The Hall–Kier alpha value is -3.03. The molecule has 0 bridgehead atoms. The Bertz CT molecular complexity index is 1390. The van der Waals surface area contributed by atoms with Crippen LogP contribution >= 0.6 is 11.3 Å². The number of aromatic nitrogens is 1. The van der Waals surface area contributed by atoms with Crippen LogP contribution in [0.2, 0.25) is 0 Å². The number of aryl methyl sites for hydroxylation is 1. The number of thiazole rings is 1. The maximum absolute atomic E-state index is 13.6. The highest BCUT2D eigenvalue weighted by molar-refractivity contribution is 7.91. The van der Waals surface area contributed by atoms with Crippen LogP contribution in [0.15, 0.2) is 30.4 Å². The molecular weight excluding hydrogens is 576 g/mol. The van der Waals surface area contributed by atoms with Crippen LogP contribution in [0.25, 0.3) is 10.2 Å². The fraction of sp³-hybridized carbons (Fsp3) is 0.586. The number of sulfone groups is 1. The highest BCUT2D eigenvalue weighted by Gasteiger charge is 2.31. The van der Waals surface area contributed by atoms with Gasteiger partial charge in [-0.3, -0.25) is 14.5 Å². The van der Waals surface area contributed by atoms with Crippen LogP contribution in [-0.2, 0) is 32.3 Å². The van der Waals surface area contributed by atoms with Crippen LogP contribution in [0.1, 0.15) is 43.2 Å². The quantitative estimate of drug-likeness (QED) is 0.265. The van der Waals surface area contributed by atoms with E-state index in [-0.39, 0.29) is 48.2 Å². The van der Waals surface area contributed by atoms with Gasteiger partial charge in [0.1, 0.15) is 6.04 Å². The van der Waals surface area contributed by atoms with E-state index in [2.05, 4.69) is 40.8 Å². The molecule has 1 aromatic heterocycles. The number of benzene rings is 1. The number of rotatable bonds is 12. The molecule has 1 aliphatic carbocycles. The molecule has 4 N–H and O–H groups in total. The molecule has 1 saturated heterocycles. The topological polar surface area (TPSA) is 150 Å². The predicted octanol–water partition coefficient (Wildman–Crippen LogP) is 1.78. The molecule has 13 heteroatoms. The molecule has 0 spiro atoms. The zero-order valence-electron chi connectivity index (χ0n) is 24.4. The summed E-state index contributed by atoms with van der Waals surface area (Å²) in [5, 5.41) is 12.1. The first kappa shape index (κ1) is 31.9. The van der Waals surface area contributed by atoms with E-state index in [1.807, 2.05) is 17.0 Å². The Morgan fingerprint density at radius 3 is 2.52 bits per heavy atom. The summed E-state index contributed by atoms with van der Waals surface area (Å²) in [5.41, 5.74) is 2.43. The molecule has 4 amide bonds. The highest BCUT2D eigenvalue weighted by atomic mass is 32.2. The van der Waals surface area contributed by atoms with E-state index in [0.29, 0.717) is 25.2 Å². The molecular formula is C29H42N6O5S2. The Morgan fingerprint density at radius 1 is 1.14 bits per heavy atom. The average Bonchev–Trinajstić information content (AvgIpc) is 3.65. The van der Waals surface area contributed by atoms with Crippen molar-refractivity contribution in [3.63, 3.8) is 0 Å². The lowest BCUT2D eigenvalue weighted by molar-refractivity contribution is -0.124. The third-order valence-electron chi connectivity index (χ3n) is 8.08. The molecule has 2 aromatic rings. The van der Waals surface area contributed by atoms with Crippen molar-refractivity contribution in [2.75, 3.05) is 44.7 Å². The monoisotopic (exact) mass is 618 g/mol. The van der Waals surface area contributed by atoms with Gasteiger partial charge in [-0.2, -0.15) is 0 Å². The summed E-state index contributed by atoms with van der Waals surface area (Å²) >= 11 is 1.52. The SMILES string of the molecule is C=C(CN1CCS(=O)(=O)CC1)C(=O)NC[C@@H](NC(=O)[C@H](Cc1nc2ccc(CC)cc2s1)NC(=O)NC)C1CCCC1. The standard InChI is InChI=1S/C29H42N6O5S2/c1-4-20-9-10-22-25(15-20)41-26(32-22)16-23(34-29(38)30-3)28(37)33-24(21-7-5-6-8-21)17-31-27(36)19(2)18-35-11-13-42(39,40)14-12-35/h9-10,15,21,23-24H,2,4-8,11-14,16-18H2,1,3H3,(H,31,36)(H,33,37)(H2,30,34,38)/t23-,24+/m0/s1. The smallest absolute Gasteiger partial charge is 0.315 e. The first-order valence-electron chi connectivity index (χ1n) is 14.6. The molecule has 0 unspecified atom stereocenters. The van der Waals surface area contributed by atoms with Gasteiger partial charge < -0.3 is 21.3 Å². The van der Waals surface area contributed by atoms with Crippen molar-refractivity contribution in [3.8, 4) is 0 Å². The summed E-state index contributed by atoms with van der Waals surface area (Å²) < 4.78 is 24.5. The second-order valence-electron chi connectivity index (χ2n) is 11.1. The molecule has 1 aromatic carbocycles. The molecule has 0 radical (unpaired) electrons. The maximum Gasteiger partial charge on any atom is 0.315 e. The summed E-state index contributed by atoms with van der Waals surface area (Å²) in [6, 6.07) is 4.52. The van der Waals surface area contributed by atoms with Crippen molar-refractivity contribution in [1.82, 2.24) is 31.2 Å². The number of fused-ring (bicyclic) bond motifs is 1. The fourth-order valence-electron chi connectivity index (χ4n) is 5.49. The molecule has 42 heavy (non-hydrogen) atoms. The Kier molecular flexibility index (Phi) is 11.0. The lowest BCUT2D eigenvalue weighted by Crippen LogP contribution is -2.56. The van der Waals surface area contributed by atoms with E-state index in [1.165, 1.54) is 23.9 Å². The zero-order chi connectivity index (χ0) is 30.3. The summed E-state index contributed by atoms with van der Waals surface area (Å²) in [7, 11) is -1.51. The van der Waals surface area contributed by atoms with E-state index < -0.39 is 21.9 Å². The first-order valence-corrected chi connectivity index (χ1v) is 17.3. The molecule has 1 aliphatic heterocycles. The van der Waals surface area contributed by atoms with Gasteiger partial charge in [0.25, 0.3) is 0 Å². The minimum Gasteiger partial charge on any atom is -0.350 e. The first-order chi connectivity index (χ1) is 20.1. The zero-order valence-corrected chi connectivity index (χ0v) is 26.0. The average molecular weight is 619 g/mol. The molecule has 2 heterocycles. The van der Waals surface area contributed by atoms with Gasteiger partial charge in [-0.15, -0.1) is 11.3 Å². The fourth-order valence-corrected chi connectivity index (χ4v) is 7.85. The molecule has 2 fully saturated rings. The van der Waals surface area contributed by atoms with Gasteiger partial charge in [-0.05, 0) is 42.9 Å². The van der Waals surface area contributed by atoms with Crippen LogP contribution in [0.4, 0.5) is 4.79 Å². The van der Waals surface area contributed by atoms with Crippen molar-refractivity contribution in [3.05, 3.63) is 40.9 Å². The Morgan fingerprint density at radius 2 is 1.86 bits per heavy atom. The Balaban J connectivity index is 1.40. The van der Waals surface area contributed by atoms with Crippen LogP contribution in [0.3, 0.4) is 0 Å². The van der Waals surface area contributed by atoms with Crippen molar-refractivity contribution in [2.24, 2.45) is 5.92 Å². The maximum atomic E-state index is 13.6. The summed E-state index contributed by atoms with van der Waals surface area (Å²) in [5.74, 6) is -0.280. The number of amides is 4. The number of urea groups is 1. The van der Waals surface area contributed by atoms with Crippen molar-refractivity contribution < 1.29 is 22.8 Å². The number of nitrogens with zero attached hydrogens (tertiary/aromatic N) is 2. The van der Waals surface area contributed by atoms with Crippen molar-refractivity contribution >= 4 is 49.2 Å².